The molecule has 1 aromatic rings. The lowest BCUT2D eigenvalue weighted by Crippen LogP contribution is -2.58. The van der Waals surface area contributed by atoms with Gasteiger partial charge in [-0.05, 0) is 43.3 Å². The number of ether oxygens (including phenoxy) is 1. The van der Waals surface area contributed by atoms with Gasteiger partial charge in [0.2, 0.25) is 6.29 Å². The number of hydrogen-bond acceptors (Lipinski definition) is 5. The molecule has 150 valence electrons. The molecule has 3 rings (SSSR count). The first kappa shape index (κ1) is 20.1. The number of rotatable bonds is 4. The Hall–Kier alpha value is -1.64. The first-order valence-corrected chi connectivity index (χ1v) is 12.2. The van der Waals surface area contributed by atoms with Crippen LogP contribution in [0.5, 0.6) is 0 Å². The normalized spacial score (nSPS) is 24.2. The highest BCUT2D eigenvalue weighted by Gasteiger charge is 2.43. The summed E-state index contributed by atoms with van der Waals surface area (Å²) in [6.07, 6.45) is -1.76. The fourth-order valence-electron chi connectivity index (χ4n) is 3.10. The second-order valence-electron chi connectivity index (χ2n) is 8.93. The molecule has 8 heteroatoms. The van der Waals surface area contributed by atoms with E-state index in [2.05, 4.69) is 33.9 Å². The lowest BCUT2D eigenvalue weighted by Gasteiger charge is -2.47. The van der Waals surface area contributed by atoms with Gasteiger partial charge in [-0.15, -0.1) is 0 Å². The van der Waals surface area contributed by atoms with Gasteiger partial charge in [0, 0.05) is 13.1 Å². The Bertz CT molecular complexity index is 731. The summed E-state index contributed by atoms with van der Waals surface area (Å²) in [4.78, 5) is 15.1. The summed E-state index contributed by atoms with van der Waals surface area (Å²) >= 11 is 0. The largest absolute Gasteiger partial charge is 0.417 e. The average molecular weight is 397 g/mol. The van der Waals surface area contributed by atoms with Crippen LogP contribution in [0.3, 0.4) is 0 Å². The van der Waals surface area contributed by atoms with Crippen LogP contribution in [0.4, 0.5) is 20.6 Å². The summed E-state index contributed by atoms with van der Waals surface area (Å²) < 4.78 is 25.8. The molecular formula is C19H29FN2O4Si. The Balaban J connectivity index is 1.66. The number of carbonyl (C=O) groups is 1. The molecule has 0 spiro atoms. The quantitative estimate of drug-likeness (QED) is 0.787. The van der Waals surface area contributed by atoms with E-state index in [1.807, 2.05) is 4.90 Å². The molecule has 2 aliphatic heterocycles. The maximum atomic E-state index is 14.7. The fraction of sp³-hybridized carbons (Fsp3) is 0.632. The molecule has 0 aliphatic carbocycles. The van der Waals surface area contributed by atoms with Crippen LogP contribution in [0.1, 0.15) is 27.7 Å². The standard InChI is InChI=1S/C19H29FN2O4Si/c1-12-17(23)25-18(24)22(12)13-7-8-16(15(20)9-13)21-10-14(11-21)26-27(5,6)19(2,3)4/h7-9,12,14,17,23H,10-11H2,1-6H3/t12?,17-/m1/s1. The van der Waals surface area contributed by atoms with E-state index in [-0.39, 0.29) is 11.1 Å². The van der Waals surface area contributed by atoms with Crippen LogP contribution in [0.2, 0.25) is 18.1 Å². The molecule has 0 saturated carbocycles. The van der Waals surface area contributed by atoms with Crippen molar-refractivity contribution >= 4 is 25.8 Å². The van der Waals surface area contributed by atoms with Crippen LogP contribution in [-0.2, 0) is 9.16 Å². The van der Waals surface area contributed by atoms with Crippen LogP contribution in [0.15, 0.2) is 18.2 Å². The summed E-state index contributed by atoms with van der Waals surface area (Å²) in [7, 11) is -1.83. The van der Waals surface area contributed by atoms with Crippen molar-refractivity contribution in [2.45, 2.75) is 64.3 Å². The van der Waals surface area contributed by atoms with Gasteiger partial charge >= 0.3 is 6.09 Å². The number of nitrogens with zero attached hydrogens (tertiary/aromatic N) is 2. The SMILES string of the molecule is CC1[C@H](O)OC(=O)N1c1ccc(N2CC(O[Si](C)(C)C(C)(C)C)C2)c(F)c1. The molecule has 0 radical (unpaired) electrons. The van der Waals surface area contributed by atoms with Gasteiger partial charge < -0.3 is 19.2 Å². The number of hydrogen-bond donors (Lipinski definition) is 1. The van der Waals surface area contributed by atoms with Crippen LogP contribution in [0.25, 0.3) is 0 Å². The number of cyclic esters (lactones) is 1. The molecule has 0 bridgehead atoms. The predicted octanol–water partition coefficient (Wildman–Crippen LogP) is 3.70. The maximum absolute atomic E-state index is 14.7. The van der Waals surface area contributed by atoms with E-state index < -0.39 is 32.6 Å². The van der Waals surface area contributed by atoms with Crippen molar-refractivity contribution in [1.29, 1.82) is 0 Å². The predicted molar refractivity (Wildman–Crippen MR) is 105 cm³/mol. The molecule has 1 N–H and O–H groups in total. The third kappa shape index (κ3) is 3.70. The zero-order valence-corrected chi connectivity index (χ0v) is 17.8. The fourth-order valence-corrected chi connectivity index (χ4v) is 4.43. The number of anilines is 2. The monoisotopic (exact) mass is 396 g/mol. The van der Waals surface area contributed by atoms with Gasteiger partial charge in [-0.2, -0.15) is 0 Å². The van der Waals surface area contributed by atoms with Crippen molar-refractivity contribution in [3.05, 3.63) is 24.0 Å². The lowest BCUT2D eigenvalue weighted by atomic mass is 10.1. The average Bonchev–Trinajstić information content (AvgIpc) is 2.75. The van der Waals surface area contributed by atoms with Crippen molar-refractivity contribution in [2.24, 2.45) is 0 Å². The van der Waals surface area contributed by atoms with E-state index in [9.17, 15) is 14.3 Å². The third-order valence-corrected chi connectivity index (χ3v) is 10.4. The van der Waals surface area contributed by atoms with E-state index in [0.29, 0.717) is 24.5 Å². The number of carbonyl (C=O) groups excluding carboxylic acids is 1. The minimum atomic E-state index is -1.83. The van der Waals surface area contributed by atoms with Gasteiger partial charge in [-0.1, -0.05) is 20.8 Å². The van der Waals surface area contributed by atoms with E-state index in [1.165, 1.54) is 11.0 Å². The molecular weight excluding hydrogens is 367 g/mol. The molecule has 1 amide bonds. The molecule has 6 nitrogen and oxygen atoms in total. The van der Waals surface area contributed by atoms with Crippen molar-refractivity contribution in [3.63, 3.8) is 0 Å². The molecule has 2 heterocycles. The maximum Gasteiger partial charge on any atom is 0.417 e. The Morgan fingerprint density at radius 1 is 1.30 bits per heavy atom. The van der Waals surface area contributed by atoms with Crippen LogP contribution >= 0.6 is 0 Å². The zero-order chi connectivity index (χ0) is 20.1. The summed E-state index contributed by atoms with van der Waals surface area (Å²) in [6, 6.07) is 4.09. The van der Waals surface area contributed by atoms with Gasteiger partial charge in [0.05, 0.1) is 23.5 Å². The van der Waals surface area contributed by atoms with Crippen molar-refractivity contribution in [1.82, 2.24) is 0 Å². The van der Waals surface area contributed by atoms with Gasteiger partial charge in [0.25, 0.3) is 0 Å². The first-order valence-electron chi connectivity index (χ1n) is 9.31. The van der Waals surface area contributed by atoms with Gasteiger partial charge in [0.15, 0.2) is 8.32 Å². The minimum absolute atomic E-state index is 0.119. The lowest BCUT2D eigenvalue weighted by molar-refractivity contribution is -0.0312. The Morgan fingerprint density at radius 2 is 1.93 bits per heavy atom. The Kier molecular flexibility index (Phi) is 5.03. The van der Waals surface area contributed by atoms with Crippen molar-refractivity contribution in [2.75, 3.05) is 22.9 Å². The van der Waals surface area contributed by atoms with Gasteiger partial charge in [0.1, 0.15) is 5.82 Å². The third-order valence-electron chi connectivity index (χ3n) is 5.90. The van der Waals surface area contributed by atoms with Gasteiger partial charge in [-0.25, -0.2) is 9.18 Å². The number of halogens is 1. The summed E-state index contributed by atoms with van der Waals surface area (Å²) in [5.74, 6) is -0.403. The second kappa shape index (κ2) is 6.75. The highest BCUT2D eigenvalue weighted by Crippen LogP contribution is 2.39. The molecule has 2 atom stereocenters. The van der Waals surface area contributed by atoms with Crippen LogP contribution < -0.4 is 9.80 Å². The van der Waals surface area contributed by atoms with E-state index in [1.54, 1.807) is 19.1 Å². The van der Waals surface area contributed by atoms with Crippen LogP contribution in [0, 0.1) is 5.82 Å². The Labute approximate surface area is 161 Å². The number of aliphatic hydroxyl groups excluding tert-OH is 1. The topological polar surface area (TPSA) is 62.2 Å². The van der Waals surface area contributed by atoms with E-state index >= 15 is 0 Å². The molecule has 2 saturated heterocycles. The van der Waals surface area contributed by atoms with E-state index in [4.69, 9.17) is 9.16 Å². The van der Waals surface area contributed by atoms with Crippen LogP contribution in [-0.4, -0.2) is 51.0 Å². The number of aliphatic hydroxyl groups is 1. The Morgan fingerprint density at radius 3 is 2.41 bits per heavy atom. The number of amides is 1. The molecule has 2 fully saturated rings. The first-order chi connectivity index (χ1) is 12.4. The summed E-state index contributed by atoms with van der Waals surface area (Å²) in [5, 5.41) is 9.79. The highest BCUT2D eigenvalue weighted by atomic mass is 28.4. The molecule has 1 aromatic carbocycles. The molecule has 2 aliphatic rings. The minimum Gasteiger partial charge on any atom is -0.417 e. The highest BCUT2D eigenvalue weighted by molar-refractivity contribution is 6.74. The van der Waals surface area contributed by atoms with Gasteiger partial charge in [-0.3, -0.25) is 4.90 Å². The smallest absolute Gasteiger partial charge is 0.417 e. The summed E-state index contributed by atoms with van der Waals surface area (Å²) in [5.41, 5.74) is 0.870. The molecule has 1 unspecified atom stereocenters. The molecule has 0 aromatic heterocycles. The molecule has 27 heavy (non-hydrogen) atoms. The second-order valence-corrected chi connectivity index (χ2v) is 13.7. The summed E-state index contributed by atoms with van der Waals surface area (Å²) in [6.45, 7) is 14.0. The zero-order valence-electron chi connectivity index (χ0n) is 16.8. The number of benzene rings is 1. The van der Waals surface area contributed by atoms with Crippen molar-refractivity contribution < 1.29 is 23.5 Å². The van der Waals surface area contributed by atoms with E-state index in [0.717, 1.165) is 0 Å². The van der Waals surface area contributed by atoms with Crippen molar-refractivity contribution in [3.8, 4) is 0 Å².